The van der Waals surface area contributed by atoms with E-state index in [1.54, 1.807) is 0 Å². The molecule has 12 N–H and O–H groups in total. The predicted octanol–water partition coefficient (Wildman–Crippen LogP) is -2.04. The van der Waals surface area contributed by atoms with Crippen LogP contribution in [0.25, 0.3) is 28.4 Å². The number of carboxylic acid groups (broad SMARTS) is 3. The van der Waals surface area contributed by atoms with Gasteiger partial charge in [-0.3, -0.25) is 4.79 Å². The molecule has 3 aliphatic heterocycles. The molecule has 0 amide bonds. The van der Waals surface area contributed by atoms with Gasteiger partial charge in [-0.2, -0.15) is 0 Å². The van der Waals surface area contributed by atoms with E-state index in [1.807, 2.05) is 0 Å². The Morgan fingerprint density at radius 2 is 1.13 bits per heavy atom. The predicted molar refractivity (Wildman–Crippen MR) is 227 cm³/mol. The number of ether oxygens (including phenoxy) is 9. The number of carbonyl (C=O) groups is 4. The maximum absolute atomic E-state index is 13.2. The highest BCUT2D eigenvalue weighted by atomic mass is 16.8. The summed E-state index contributed by atoms with van der Waals surface area (Å²) in [6.45, 7) is 0. The molecule has 0 saturated carbocycles. The van der Waals surface area contributed by atoms with Crippen molar-refractivity contribution in [3.63, 3.8) is 0 Å². The maximum Gasteiger partial charge on any atom is 0.335 e. The fourth-order valence-electron chi connectivity index (χ4n) is 7.73. The van der Waals surface area contributed by atoms with E-state index < -0.39 is 133 Å². The number of carboxylic acids is 3. The first-order valence-corrected chi connectivity index (χ1v) is 20.8. The lowest BCUT2D eigenvalue weighted by molar-refractivity contribution is -0.373. The zero-order valence-electron chi connectivity index (χ0n) is 36.5. The Labute approximate surface area is 396 Å². The molecule has 1 aromatic heterocycles. The number of aliphatic carboxylic acids is 3. The first-order chi connectivity index (χ1) is 33.6. The maximum atomic E-state index is 13.2. The normalized spacial score (nSPS) is 30.9. The third kappa shape index (κ3) is 10.6. The van der Waals surface area contributed by atoms with Crippen LogP contribution in [0.2, 0.25) is 0 Å². The summed E-state index contributed by atoms with van der Waals surface area (Å²) in [5.41, 5.74) is -0.638. The van der Waals surface area contributed by atoms with Crippen LogP contribution in [-0.2, 0) is 47.6 Å². The van der Waals surface area contributed by atoms with Crippen molar-refractivity contribution in [2.75, 3.05) is 14.2 Å². The lowest BCUT2D eigenvalue weighted by Crippen LogP contribution is -2.68. The molecule has 3 aromatic carbocycles. The zero-order valence-corrected chi connectivity index (χ0v) is 36.5. The number of rotatable bonds is 15. The fraction of sp³-hybridized carbons (Fsp3) is 0.386. The highest BCUT2D eigenvalue weighted by Crippen LogP contribution is 2.38. The van der Waals surface area contributed by atoms with Crippen LogP contribution in [0.3, 0.4) is 0 Å². The standard InChI is InChI=1S/C44H44O27/c1-62-22-9-14(3-6-17(22)45)4-8-25(49)66-37-29(52)27(50)35(40(58)59)70-44(37)67-33-31(54)36(41(60)61)68-42(32(33)55)71-38-30(53)28(51)34(39(56)57)69-43(38)64-16-11-19(47)26-20(48)13-21(65-24(26)12-16)15-5-7-18(46)23(10-15)63-2/h3-13,27-38,42-47,50-55H,1-2H3,(H,56,57)(H,58,59)(H,60,61)/b8-4+/t27-,28-,29-,30-,31-,32+,33-,34-,35-,36-,37+,38+,42-,43+,44+/m0/s1. The first kappa shape index (κ1) is 51.7. The van der Waals surface area contributed by atoms with Gasteiger partial charge in [-0.1, -0.05) is 6.07 Å². The van der Waals surface area contributed by atoms with Gasteiger partial charge >= 0.3 is 23.9 Å². The van der Waals surface area contributed by atoms with Gasteiger partial charge in [-0.15, -0.1) is 0 Å². The van der Waals surface area contributed by atoms with Crippen LogP contribution in [0.15, 0.2) is 69.9 Å². The molecule has 4 aromatic rings. The average Bonchev–Trinajstić information content (AvgIpc) is 3.32. The third-order valence-corrected chi connectivity index (χ3v) is 11.3. The van der Waals surface area contributed by atoms with E-state index in [0.29, 0.717) is 0 Å². The Balaban J connectivity index is 1.18. The van der Waals surface area contributed by atoms with E-state index in [1.165, 1.54) is 50.6 Å². The van der Waals surface area contributed by atoms with Crippen LogP contribution in [0.5, 0.6) is 34.5 Å². The van der Waals surface area contributed by atoms with E-state index >= 15 is 0 Å². The van der Waals surface area contributed by atoms with Crippen molar-refractivity contribution in [3.8, 4) is 45.8 Å². The van der Waals surface area contributed by atoms with Crippen molar-refractivity contribution in [1.29, 1.82) is 0 Å². The number of carbonyl (C=O) groups excluding carboxylic acids is 1. The van der Waals surface area contributed by atoms with Crippen LogP contribution in [0, 0.1) is 0 Å². The zero-order chi connectivity index (χ0) is 51.7. The highest BCUT2D eigenvalue weighted by Gasteiger charge is 2.57. The van der Waals surface area contributed by atoms with Crippen LogP contribution in [0.4, 0.5) is 0 Å². The number of hydrogen-bond donors (Lipinski definition) is 12. The number of hydrogen-bond acceptors (Lipinski definition) is 24. The number of esters is 1. The van der Waals surface area contributed by atoms with E-state index in [-0.39, 0.29) is 50.9 Å². The van der Waals surface area contributed by atoms with Gasteiger partial charge in [0.25, 0.3) is 0 Å². The minimum atomic E-state index is -2.49. The summed E-state index contributed by atoms with van der Waals surface area (Å²) >= 11 is 0. The van der Waals surface area contributed by atoms with Crippen molar-refractivity contribution >= 4 is 40.9 Å². The van der Waals surface area contributed by atoms with E-state index in [0.717, 1.165) is 30.4 Å². The van der Waals surface area contributed by atoms with Crippen molar-refractivity contribution in [2.45, 2.75) is 92.1 Å². The molecule has 27 nitrogen and oxygen atoms in total. The molecule has 0 unspecified atom stereocenters. The van der Waals surface area contributed by atoms with E-state index in [9.17, 15) is 85.3 Å². The number of phenols is 3. The lowest BCUT2D eigenvalue weighted by atomic mass is 9.95. The number of methoxy groups -OCH3 is 2. The monoisotopic (exact) mass is 1000 g/mol. The average molecular weight is 1000 g/mol. The van der Waals surface area contributed by atoms with Gasteiger partial charge in [0.2, 0.25) is 6.29 Å². The quantitative estimate of drug-likeness (QED) is 0.0451. The van der Waals surface area contributed by atoms with Gasteiger partial charge in [0.05, 0.1) is 14.2 Å². The molecule has 71 heavy (non-hydrogen) atoms. The van der Waals surface area contributed by atoms with Crippen molar-refractivity contribution in [3.05, 3.63) is 76.5 Å². The van der Waals surface area contributed by atoms with E-state index in [4.69, 9.17) is 47.0 Å². The van der Waals surface area contributed by atoms with Gasteiger partial charge in [0, 0.05) is 29.8 Å². The summed E-state index contributed by atoms with van der Waals surface area (Å²) in [6, 6.07) is 10.7. The van der Waals surface area contributed by atoms with Gasteiger partial charge in [-0.05, 0) is 42.0 Å². The summed E-state index contributed by atoms with van der Waals surface area (Å²) in [6.07, 6.45) is -33.4. The molecule has 3 saturated heterocycles. The molecule has 0 bridgehead atoms. The number of aliphatic hydroxyl groups excluding tert-OH is 6. The second kappa shape index (κ2) is 21.1. The Kier molecular flexibility index (Phi) is 15.3. The molecule has 7 rings (SSSR count). The van der Waals surface area contributed by atoms with Crippen LogP contribution in [0.1, 0.15) is 5.56 Å². The van der Waals surface area contributed by atoms with Gasteiger partial charge < -0.3 is 108 Å². The first-order valence-electron chi connectivity index (χ1n) is 20.8. The van der Waals surface area contributed by atoms with Crippen molar-refractivity contribution in [2.24, 2.45) is 0 Å². The van der Waals surface area contributed by atoms with Crippen molar-refractivity contribution in [1.82, 2.24) is 0 Å². The number of benzene rings is 3. The second-order valence-corrected chi connectivity index (χ2v) is 15.9. The van der Waals surface area contributed by atoms with Crippen molar-refractivity contribution < 1.29 is 128 Å². The Bertz CT molecular complexity index is 2740. The van der Waals surface area contributed by atoms with Crippen LogP contribution in [-0.4, -0.2) is 191 Å². The topological polar surface area (TPSA) is 424 Å². The molecule has 15 atom stereocenters. The molecule has 3 fully saturated rings. The summed E-state index contributed by atoms with van der Waals surface area (Å²) in [4.78, 5) is 63.0. The Hall–Kier alpha value is -7.15. The summed E-state index contributed by atoms with van der Waals surface area (Å²) in [5, 5.41) is 127. The number of fused-ring (bicyclic) bond motifs is 1. The van der Waals surface area contributed by atoms with Gasteiger partial charge in [0.1, 0.15) is 71.0 Å². The SMILES string of the molecule is COc1cc(/C=C/C(=O)O[C@H]2[C@H](O[C@@H]3[C@@H](O)[C@H](O[C@H]4[C@H](Oc5cc(O)c6c(=O)cc(-c7ccc(O)c(OC)c7)oc6c5)O[C@H](C(=O)O)[C@@H](O)[C@@H]4O)O[C@H](C(=O)O)[C@H]3O)O[C@H](C(=O)O)[C@@H](O)[C@@H]2O)ccc1O. The van der Waals surface area contributed by atoms with E-state index in [2.05, 4.69) is 0 Å². The summed E-state index contributed by atoms with van der Waals surface area (Å²) in [5.74, 6) is -8.84. The Morgan fingerprint density at radius 1 is 0.577 bits per heavy atom. The number of phenolic OH excluding ortho intramolecular Hbond substituents is 3. The molecule has 0 radical (unpaired) electrons. The second-order valence-electron chi connectivity index (χ2n) is 15.9. The molecule has 0 aliphatic carbocycles. The molecular weight excluding hydrogens is 960 g/mol. The fourth-order valence-corrected chi connectivity index (χ4v) is 7.73. The lowest BCUT2D eigenvalue weighted by Gasteiger charge is -2.47. The summed E-state index contributed by atoms with van der Waals surface area (Å²) in [7, 11) is 2.53. The Morgan fingerprint density at radius 3 is 1.75 bits per heavy atom. The molecular formula is C44H44O27. The molecule has 3 aliphatic rings. The molecule has 0 spiro atoms. The molecule has 27 heteroatoms. The molecule has 382 valence electrons. The van der Waals surface area contributed by atoms with Gasteiger partial charge in [0.15, 0.2) is 71.5 Å². The molecule has 4 heterocycles. The highest BCUT2D eigenvalue weighted by molar-refractivity contribution is 5.88. The smallest absolute Gasteiger partial charge is 0.335 e. The van der Waals surface area contributed by atoms with Gasteiger partial charge in [-0.25, -0.2) is 19.2 Å². The minimum Gasteiger partial charge on any atom is -0.507 e. The summed E-state index contributed by atoms with van der Waals surface area (Å²) < 4.78 is 54.5. The number of aromatic hydroxyl groups is 3. The van der Waals surface area contributed by atoms with Crippen LogP contribution >= 0.6 is 0 Å². The minimum absolute atomic E-state index is 0.00471. The largest absolute Gasteiger partial charge is 0.507 e. The third-order valence-electron chi connectivity index (χ3n) is 11.3. The van der Waals surface area contributed by atoms with Crippen LogP contribution < -0.4 is 19.6 Å². The number of aliphatic hydroxyl groups is 6.